The van der Waals surface area contributed by atoms with Crippen molar-refractivity contribution in [2.24, 2.45) is 5.10 Å². The minimum atomic E-state index is -1.07. The Kier molecular flexibility index (Phi) is 4.27. The number of phenols is 1. The molecule has 1 aliphatic heterocycles. The van der Waals surface area contributed by atoms with Crippen LogP contribution in [0.5, 0.6) is 5.75 Å². The number of rotatable bonds is 2. The van der Waals surface area contributed by atoms with Gasteiger partial charge in [0.25, 0.3) is 0 Å². The number of fused-ring (bicyclic) bond motifs is 1. The Balaban J connectivity index is 1.69. The summed E-state index contributed by atoms with van der Waals surface area (Å²) in [5, 5.41) is 26.9. The first-order valence-electron chi connectivity index (χ1n) is 6.91. The van der Waals surface area contributed by atoms with Gasteiger partial charge in [-0.2, -0.15) is 5.10 Å². The summed E-state index contributed by atoms with van der Waals surface area (Å²) in [4.78, 5) is 1.26. The van der Waals surface area contributed by atoms with Crippen LogP contribution in [0.2, 0.25) is 0 Å². The van der Waals surface area contributed by atoms with E-state index in [1.165, 1.54) is 29.3 Å². The Morgan fingerprint density at radius 2 is 2.00 bits per heavy atom. The number of hydrogen-bond donors (Lipinski definition) is 3. The Bertz CT molecular complexity index is 770. The largest absolute Gasteiger partial charge is 0.508 e. The van der Waals surface area contributed by atoms with Gasteiger partial charge in [0.2, 0.25) is 0 Å². The zero-order valence-corrected chi connectivity index (χ0v) is 12.8. The van der Waals surface area contributed by atoms with Crippen LogP contribution in [0.25, 0.3) is 0 Å². The number of halogens is 1. The maximum absolute atomic E-state index is 13.2. The SMILES string of the molecule is OB1c2ccc(F)cc2C=NN1C(=S)NCc1ccc(O)cc1. The van der Waals surface area contributed by atoms with E-state index in [0.717, 1.165) is 5.56 Å². The number of nitrogens with zero attached hydrogens (tertiary/aromatic N) is 2. The quantitative estimate of drug-likeness (QED) is 0.565. The minimum absolute atomic E-state index is 0.191. The number of hydrazone groups is 1. The number of phenolic OH excluding ortho intramolecular Hbond substituents is 1. The highest BCUT2D eigenvalue weighted by Gasteiger charge is 2.31. The molecule has 1 heterocycles. The van der Waals surface area contributed by atoms with E-state index in [0.29, 0.717) is 17.6 Å². The molecule has 3 N–H and O–H groups in total. The van der Waals surface area contributed by atoms with Gasteiger partial charge in [0.05, 0.1) is 6.21 Å². The molecule has 0 fully saturated rings. The van der Waals surface area contributed by atoms with Crippen molar-refractivity contribution in [1.82, 2.24) is 10.2 Å². The van der Waals surface area contributed by atoms with Gasteiger partial charge in [0.1, 0.15) is 11.6 Å². The molecule has 2 aromatic carbocycles. The van der Waals surface area contributed by atoms with Crippen LogP contribution >= 0.6 is 12.2 Å². The molecule has 0 bridgehead atoms. The molecule has 2 aromatic rings. The van der Waals surface area contributed by atoms with Gasteiger partial charge >= 0.3 is 7.05 Å². The normalized spacial score (nSPS) is 13.0. The predicted molar refractivity (Wildman–Crippen MR) is 91.0 cm³/mol. The molecule has 0 unspecified atom stereocenters. The minimum Gasteiger partial charge on any atom is -0.508 e. The van der Waals surface area contributed by atoms with Crippen LogP contribution in [-0.4, -0.2) is 33.4 Å². The molecular formula is C15H13BFN3O2S. The third kappa shape index (κ3) is 3.33. The lowest BCUT2D eigenvalue weighted by Gasteiger charge is -2.27. The molecule has 0 saturated carbocycles. The summed E-state index contributed by atoms with van der Waals surface area (Å²) in [6, 6.07) is 10.8. The molecule has 3 rings (SSSR count). The first-order chi connectivity index (χ1) is 11.0. The Hall–Kier alpha value is -2.45. The van der Waals surface area contributed by atoms with Gasteiger partial charge in [0.15, 0.2) is 5.11 Å². The van der Waals surface area contributed by atoms with E-state index in [4.69, 9.17) is 12.2 Å². The van der Waals surface area contributed by atoms with Gasteiger partial charge in [-0.05, 0) is 53.1 Å². The monoisotopic (exact) mass is 329 g/mol. The third-order valence-corrected chi connectivity index (χ3v) is 3.80. The van der Waals surface area contributed by atoms with Gasteiger partial charge in [0, 0.05) is 6.54 Å². The van der Waals surface area contributed by atoms with Crippen LogP contribution in [0.15, 0.2) is 47.6 Å². The second-order valence-electron chi connectivity index (χ2n) is 5.06. The smallest absolute Gasteiger partial charge is 0.473 e. The van der Waals surface area contributed by atoms with E-state index in [-0.39, 0.29) is 16.7 Å². The molecule has 23 heavy (non-hydrogen) atoms. The van der Waals surface area contributed by atoms with Crippen molar-refractivity contribution < 1.29 is 14.5 Å². The van der Waals surface area contributed by atoms with E-state index in [1.807, 2.05) is 0 Å². The van der Waals surface area contributed by atoms with Crippen molar-refractivity contribution >= 4 is 36.1 Å². The lowest BCUT2D eigenvalue weighted by atomic mass is 9.70. The maximum atomic E-state index is 13.2. The van der Waals surface area contributed by atoms with Crippen LogP contribution in [0.1, 0.15) is 11.1 Å². The second-order valence-corrected chi connectivity index (χ2v) is 5.45. The van der Waals surface area contributed by atoms with Gasteiger partial charge in [-0.1, -0.05) is 18.2 Å². The summed E-state index contributed by atoms with van der Waals surface area (Å²) in [6.07, 6.45) is 1.46. The highest BCUT2D eigenvalue weighted by Crippen LogP contribution is 2.11. The summed E-state index contributed by atoms with van der Waals surface area (Å²) in [6.45, 7) is 0.425. The lowest BCUT2D eigenvalue weighted by molar-refractivity contribution is 0.475. The molecule has 0 amide bonds. The van der Waals surface area contributed by atoms with Gasteiger partial charge in [-0.15, -0.1) is 0 Å². The zero-order chi connectivity index (χ0) is 16.4. The highest BCUT2D eigenvalue weighted by atomic mass is 32.1. The Morgan fingerprint density at radius 1 is 1.26 bits per heavy atom. The first kappa shape index (κ1) is 15.5. The van der Waals surface area contributed by atoms with Crippen LogP contribution in [0.4, 0.5) is 4.39 Å². The highest BCUT2D eigenvalue weighted by molar-refractivity contribution is 7.80. The number of nitrogens with one attached hydrogen (secondary N) is 1. The molecule has 0 radical (unpaired) electrons. The van der Waals surface area contributed by atoms with E-state index in [1.54, 1.807) is 24.3 Å². The van der Waals surface area contributed by atoms with E-state index < -0.39 is 7.05 Å². The van der Waals surface area contributed by atoms with Crippen molar-refractivity contribution in [3.63, 3.8) is 0 Å². The second kappa shape index (κ2) is 6.35. The maximum Gasteiger partial charge on any atom is 0.473 e. The van der Waals surface area contributed by atoms with E-state index in [2.05, 4.69) is 10.4 Å². The summed E-state index contributed by atoms with van der Waals surface area (Å²) in [5.41, 5.74) is 1.98. The molecule has 116 valence electrons. The van der Waals surface area contributed by atoms with E-state index in [9.17, 15) is 14.5 Å². The molecule has 1 aliphatic rings. The zero-order valence-electron chi connectivity index (χ0n) is 12.0. The van der Waals surface area contributed by atoms with Gasteiger partial charge in [-0.3, -0.25) is 4.92 Å². The number of hydrogen-bond acceptors (Lipinski definition) is 4. The topological polar surface area (TPSA) is 68.1 Å². The molecule has 0 spiro atoms. The Labute approximate surface area is 138 Å². The average molecular weight is 329 g/mol. The summed E-state index contributed by atoms with van der Waals surface area (Å²) in [7, 11) is -1.07. The van der Waals surface area contributed by atoms with Crippen molar-refractivity contribution in [3.05, 3.63) is 59.4 Å². The number of benzene rings is 2. The van der Waals surface area contributed by atoms with Gasteiger partial charge in [-0.25, -0.2) is 4.39 Å². The Morgan fingerprint density at radius 3 is 2.74 bits per heavy atom. The number of thiocarbonyl (C=S) groups is 1. The molecule has 0 atom stereocenters. The lowest BCUT2D eigenvalue weighted by Crippen LogP contribution is -2.55. The van der Waals surface area contributed by atoms with Crippen LogP contribution in [-0.2, 0) is 6.54 Å². The third-order valence-electron chi connectivity index (χ3n) is 3.47. The van der Waals surface area contributed by atoms with Crippen molar-refractivity contribution in [2.75, 3.05) is 0 Å². The van der Waals surface area contributed by atoms with Gasteiger partial charge < -0.3 is 15.4 Å². The molecule has 5 nitrogen and oxygen atoms in total. The van der Waals surface area contributed by atoms with Crippen LogP contribution in [0.3, 0.4) is 0 Å². The predicted octanol–water partition coefficient (Wildman–Crippen LogP) is 0.943. The fourth-order valence-electron chi connectivity index (χ4n) is 2.25. The van der Waals surface area contributed by atoms with Crippen LogP contribution in [0, 0.1) is 5.82 Å². The summed E-state index contributed by atoms with van der Waals surface area (Å²) in [5.74, 6) is -0.194. The van der Waals surface area contributed by atoms with Crippen molar-refractivity contribution in [1.29, 1.82) is 0 Å². The van der Waals surface area contributed by atoms with Crippen LogP contribution < -0.4 is 10.8 Å². The molecule has 8 heteroatoms. The molecular weight excluding hydrogens is 316 g/mol. The number of aromatic hydroxyl groups is 1. The van der Waals surface area contributed by atoms with E-state index >= 15 is 0 Å². The average Bonchev–Trinajstić information content (AvgIpc) is 2.54. The molecule has 0 saturated heterocycles. The standard InChI is InChI=1S/C15H13BFN3O2S/c17-12-3-6-14-11(7-12)9-19-20(16(14)22)15(23)18-8-10-1-4-13(21)5-2-10/h1-7,9,21-22H,8H2,(H,18,23). The van der Waals surface area contributed by atoms with Crippen molar-refractivity contribution in [2.45, 2.75) is 6.54 Å². The molecule has 0 aromatic heterocycles. The summed E-state index contributed by atoms with van der Waals surface area (Å²) >= 11 is 5.25. The first-order valence-corrected chi connectivity index (χ1v) is 7.32. The van der Waals surface area contributed by atoms with Crippen molar-refractivity contribution in [3.8, 4) is 5.75 Å². The fraction of sp³-hybridized carbons (Fsp3) is 0.0667. The fourth-order valence-corrected chi connectivity index (χ4v) is 2.47. The summed E-state index contributed by atoms with van der Waals surface area (Å²) < 4.78 is 13.2. The molecule has 0 aliphatic carbocycles.